The number of ketones is 1. The van der Waals surface area contributed by atoms with Gasteiger partial charge in [0.25, 0.3) is 0 Å². The monoisotopic (exact) mass is 267 g/mol. The van der Waals surface area contributed by atoms with Gasteiger partial charge >= 0.3 is 0 Å². The molecule has 0 amide bonds. The molecule has 0 saturated carbocycles. The fraction of sp³-hybridized carbons (Fsp3) is 0.176. The first kappa shape index (κ1) is 14.2. The van der Waals surface area contributed by atoms with Crippen molar-refractivity contribution < 1.29 is 9.59 Å². The molecule has 0 saturated heterocycles. The summed E-state index contributed by atoms with van der Waals surface area (Å²) in [5, 5.41) is 2.93. The Hall–Kier alpha value is -2.26. The van der Waals surface area contributed by atoms with E-state index in [0.717, 1.165) is 11.8 Å². The normalized spacial score (nSPS) is 11.8. The summed E-state index contributed by atoms with van der Waals surface area (Å²) in [4.78, 5) is 23.0. The lowest BCUT2D eigenvalue weighted by Crippen LogP contribution is -2.28. The van der Waals surface area contributed by atoms with Crippen LogP contribution in [0, 0.1) is 0 Å². The summed E-state index contributed by atoms with van der Waals surface area (Å²) in [6.45, 7) is 0. The van der Waals surface area contributed by atoms with Gasteiger partial charge in [0.05, 0.1) is 6.04 Å². The third-order valence-electron chi connectivity index (χ3n) is 3.24. The lowest BCUT2D eigenvalue weighted by Gasteiger charge is -2.09. The van der Waals surface area contributed by atoms with Crippen molar-refractivity contribution in [2.75, 3.05) is 7.05 Å². The minimum absolute atomic E-state index is 0.0118. The molecule has 2 aromatic rings. The highest BCUT2D eigenvalue weighted by Gasteiger charge is 2.09. The average Bonchev–Trinajstić information content (AvgIpc) is 2.53. The number of carbonyl (C=O) groups is 2. The summed E-state index contributed by atoms with van der Waals surface area (Å²) in [6.07, 6.45) is 1.52. The lowest BCUT2D eigenvalue weighted by atomic mass is 10.00. The average molecular weight is 267 g/mol. The van der Waals surface area contributed by atoms with Gasteiger partial charge in [0.2, 0.25) is 0 Å². The first-order valence-corrected chi connectivity index (χ1v) is 6.56. The van der Waals surface area contributed by atoms with Crippen molar-refractivity contribution in [2.45, 2.75) is 12.5 Å². The van der Waals surface area contributed by atoms with E-state index >= 15 is 0 Å². The Morgan fingerprint density at radius 2 is 1.65 bits per heavy atom. The molecule has 2 rings (SSSR count). The molecule has 0 aromatic heterocycles. The van der Waals surface area contributed by atoms with Crippen LogP contribution in [0.5, 0.6) is 0 Å². The van der Waals surface area contributed by atoms with Crippen molar-refractivity contribution in [3.63, 3.8) is 0 Å². The second-order valence-electron chi connectivity index (χ2n) is 4.63. The molecule has 0 aliphatic rings. The smallest absolute Gasteiger partial charge is 0.193 e. The molecular weight excluding hydrogens is 250 g/mol. The molecule has 0 spiro atoms. The predicted molar refractivity (Wildman–Crippen MR) is 78.9 cm³/mol. The lowest BCUT2D eigenvalue weighted by molar-refractivity contribution is -0.109. The summed E-state index contributed by atoms with van der Waals surface area (Å²) in [5.74, 6) is 0.0118. The zero-order valence-corrected chi connectivity index (χ0v) is 11.4. The zero-order valence-electron chi connectivity index (χ0n) is 11.4. The maximum atomic E-state index is 12.2. The van der Waals surface area contributed by atoms with E-state index in [1.165, 1.54) is 0 Å². The van der Waals surface area contributed by atoms with Gasteiger partial charge in [-0.15, -0.1) is 0 Å². The van der Waals surface area contributed by atoms with Crippen molar-refractivity contribution in [3.8, 4) is 0 Å². The van der Waals surface area contributed by atoms with E-state index in [4.69, 9.17) is 0 Å². The summed E-state index contributed by atoms with van der Waals surface area (Å²) in [5.41, 5.74) is 2.37. The minimum Gasteiger partial charge on any atom is -0.311 e. The van der Waals surface area contributed by atoms with Crippen LogP contribution in [0.25, 0.3) is 0 Å². The van der Waals surface area contributed by atoms with E-state index in [-0.39, 0.29) is 11.8 Å². The molecule has 0 aliphatic carbocycles. The Labute approximate surface area is 118 Å². The fourth-order valence-corrected chi connectivity index (χ4v) is 2.02. The molecule has 0 heterocycles. The summed E-state index contributed by atoms with van der Waals surface area (Å²) in [6, 6.07) is 16.4. The van der Waals surface area contributed by atoms with Crippen LogP contribution in [0.3, 0.4) is 0 Å². The SMILES string of the molecule is CNC(C=O)Cc1ccc(C(=O)c2ccccc2)cc1. The maximum Gasteiger partial charge on any atom is 0.193 e. The summed E-state index contributed by atoms with van der Waals surface area (Å²) in [7, 11) is 1.76. The number of likely N-dealkylation sites (N-methyl/N-ethyl adjacent to an activating group) is 1. The predicted octanol–water partition coefficient (Wildman–Crippen LogP) is 2.25. The van der Waals surface area contributed by atoms with E-state index in [0.29, 0.717) is 17.5 Å². The zero-order chi connectivity index (χ0) is 14.4. The molecule has 3 nitrogen and oxygen atoms in total. The highest BCUT2D eigenvalue weighted by atomic mass is 16.1. The molecule has 3 heteroatoms. The fourth-order valence-electron chi connectivity index (χ4n) is 2.02. The molecule has 0 aliphatic heterocycles. The Balaban J connectivity index is 2.12. The second-order valence-corrected chi connectivity index (χ2v) is 4.63. The molecule has 20 heavy (non-hydrogen) atoms. The van der Waals surface area contributed by atoms with Gasteiger partial charge in [-0.1, -0.05) is 54.6 Å². The third-order valence-corrected chi connectivity index (χ3v) is 3.24. The maximum absolute atomic E-state index is 12.2. The number of benzene rings is 2. The standard InChI is InChI=1S/C17H17NO2/c1-18-16(12-19)11-13-7-9-15(10-8-13)17(20)14-5-3-2-4-6-14/h2-10,12,16,18H,11H2,1H3. The van der Waals surface area contributed by atoms with E-state index in [2.05, 4.69) is 5.32 Å². The van der Waals surface area contributed by atoms with E-state index in [1.807, 2.05) is 42.5 Å². The van der Waals surface area contributed by atoms with E-state index in [1.54, 1.807) is 19.2 Å². The van der Waals surface area contributed by atoms with Gasteiger partial charge in [0, 0.05) is 11.1 Å². The van der Waals surface area contributed by atoms with E-state index < -0.39 is 0 Å². The van der Waals surface area contributed by atoms with Gasteiger partial charge in [-0.25, -0.2) is 0 Å². The number of aldehydes is 1. The van der Waals surface area contributed by atoms with Crippen molar-refractivity contribution in [3.05, 3.63) is 71.3 Å². The van der Waals surface area contributed by atoms with Crippen LogP contribution in [0.15, 0.2) is 54.6 Å². The number of nitrogens with one attached hydrogen (secondary N) is 1. The second kappa shape index (κ2) is 6.78. The molecule has 1 unspecified atom stereocenters. The molecule has 1 atom stereocenters. The van der Waals surface area contributed by atoms with Crippen LogP contribution >= 0.6 is 0 Å². The quantitative estimate of drug-likeness (QED) is 0.645. The number of hydrogen-bond donors (Lipinski definition) is 1. The van der Waals surface area contributed by atoms with E-state index in [9.17, 15) is 9.59 Å². The van der Waals surface area contributed by atoms with Gasteiger partial charge in [-0.05, 0) is 19.0 Å². The molecule has 102 valence electrons. The molecule has 1 N–H and O–H groups in total. The van der Waals surface area contributed by atoms with Crippen molar-refractivity contribution in [1.82, 2.24) is 5.32 Å². The third kappa shape index (κ3) is 3.39. The van der Waals surface area contributed by atoms with Crippen LogP contribution in [-0.2, 0) is 11.2 Å². The minimum atomic E-state index is -0.189. The first-order valence-electron chi connectivity index (χ1n) is 6.56. The molecule has 0 bridgehead atoms. The van der Waals surface area contributed by atoms with Crippen LogP contribution < -0.4 is 5.32 Å². The highest BCUT2D eigenvalue weighted by Crippen LogP contribution is 2.12. The number of rotatable bonds is 6. The van der Waals surface area contributed by atoms with Crippen LogP contribution in [0.2, 0.25) is 0 Å². The Morgan fingerprint density at radius 3 is 2.20 bits per heavy atom. The summed E-state index contributed by atoms with van der Waals surface area (Å²) >= 11 is 0. The van der Waals surface area contributed by atoms with Gasteiger partial charge in [-0.3, -0.25) is 4.79 Å². The largest absolute Gasteiger partial charge is 0.311 e. The molecule has 2 aromatic carbocycles. The van der Waals surface area contributed by atoms with Gasteiger partial charge in [0.15, 0.2) is 5.78 Å². The van der Waals surface area contributed by atoms with Crippen LogP contribution in [0.4, 0.5) is 0 Å². The molecule has 0 radical (unpaired) electrons. The van der Waals surface area contributed by atoms with Crippen molar-refractivity contribution in [2.24, 2.45) is 0 Å². The molecule has 0 fully saturated rings. The topological polar surface area (TPSA) is 46.2 Å². The van der Waals surface area contributed by atoms with Crippen LogP contribution in [0.1, 0.15) is 21.5 Å². The van der Waals surface area contributed by atoms with Gasteiger partial charge in [0.1, 0.15) is 6.29 Å². The van der Waals surface area contributed by atoms with Crippen molar-refractivity contribution >= 4 is 12.1 Å². The summed E-state index contributed by atoms with van der Waals surface area (Å²) < 4.78 is 0. The molecular formula is C17H17NO2. The Bertz CT molecular complexity index is 576. The van der Waals surface area contributed by atoms with Gasteiger partial charge < -0.3 is 10.1 Å². The first-order chi connectivity index (χ1) is 9.74. The van der Waals surface area contributed by atoms with Gasteiger partial charge in [-0.2, -0.15) is 0 Å². The Morgan fingerprint density at radius 1 is 1.05 bits per heavy atom. The Kier molecular flexibility index (Phi) is 4.80. The highest BCUT2D eigenvalue weighted by molar-refractivity contribution is 6.08. The van der Waals surface area contributed by atoms with Crippen LogP contribution in [-0.4, -0.2) is 25.2 Å². The number of hydrogen-bond acceptors (Lipinski definition) is 3. The van der Waals surface area contributed by atoms with Crippen molar-refractivity contribution in [1.29, 1.82) is 0 Å². The number of carbonyl (C=O) groups excluding carboxylic acids is 2.